The van der Waals surface area contributed by atoms with Crippen molar-refractivity contribution in [2.45, 2.75) is 45.8 Å². The van der Waals surface area contributed by atoms with Crippen LogP contribution in [0, 0.1) is 6.92 Å². The number of hydrogen-bond donors (Lipinski definition) is 0. The van der Waals surface area contributed by atoms with Crippen LogP contribution < -0.4 is 5.46 Å². The maximum absolute atomic E-state index is 6.44. The minimum Gasteiger partial charge on any atom is -0.456 e. The molecule has 0 unspecified atom stereocenters. The SMILES string of the molecule is Cc1cc(-c2ccc3oc4cccc(B5OC(C)(C)C(C)(C)O5)c4c3c2)ccc1-c1ccccc1-c1ccccc1. The molecule has 3 nitrogen and oxygen atoms in total. The normalized spacial score (nSPS) is 16.1. The van der Waals surface area contributed by atoms with Gasteiger partial charge in [-0.3, -0.25) is 0 Å². The van der Waals surface area contributed by atoms with Crippen molar-refractivity contribution < 1.29 is 13.7 Å². The van der Waals surface area contributed by atoms with Crippen LogP contribution in [-0.2, 0) is 9.31 Å². The molecule has 1 aliphatic heterocycles. The highest BCUT2D eigenvalue weighted by atomic mass is 16.7. The van der Waals surface area contributed by atoms with Gasteiger partial charge in [-0.2, -0.15) is 0 Å². The molecule has 202 valence electrons. The molecule has 1 aromatic heterocycles. The van der Waals surface area contributed by atoms with E-state index in [4.69, 9.17) is 13.7 Å². The smallest absolute Gasteiger partial charge is 0.456 e. The Kier molecular flexibility index (Phi) is 5.97. The summed E-state index contributed by atoms with van der Waals surface area (Å²) in [5.41, 5.74) is 10.4. The van der Waals surface area contributed by atoms with Crippen LogP contribution in [0.4, 0.5) is 0 Å². The summed E-state index contributed by atoms with van der Waals surface area (Å²) >= 11 is 0. The largest absolute Gasteiger partial charge is 0.495 e. The Morgan fingerprint density at radius 2 is 1.20 bits per heavy atom. The number of fused-ring (bicyclic) bond motifs is 3. The van der Waals surface area contributed by atoms with Crippen LogP contribution in [0.3, 0.4) is 0 Å². The molecule has 0 aliphatic carbocycles. The summed E-state index contributed by atoms with van der Waals surface area (Å²) in [6.07, 6.45) is 0. The van der Waals surface area contributed by atoms with E-state index in [0.29, 0.717) is 0 Å². The fourth-order valence-corrected chi connectivity index (χ4v) is 5.93. The third-order valence-electron chi connectivity index (χ3n) is 8.90. The van der Waals surface area contributed by atoms with Crippen molar-refractivity contribution >= 4 is 34.5 Å². The van der Waals surface area contributed by atoms with Gasteiger partial charge in [-0.1, -0.05) is 91.0 Å². The lowest BCUT2D eigenvalue weighted by Crippen LogP contribution is -2.41. The number of furan rings is 1. The topological polar surface area (TPSA) is 31.6 Å². The maximum Gasteiger partial charge on any atom is 0.495 e. The highest BCUT2D eigenvalue weighted by Gasteiger charge is 2.52. The number of benzene rings is 5. The molecule has 41 heavy (non-hydrogen) atoms. The predicted octanol–water partition coefficient (Wildman–Crippen LogP) is 9.19. The lowest BCUT2D eigenvalue weighted by atomic mass is 9.76. The first-order chi connectivity index (χ1) is 19.7. The van der Waals surface area contributed by atoms with E-state index in [9.17, 15) is 0 Å². The first kappa shape index (κ1) is 25.8. The summed E-state index contributed by atoms with van der Waals surface area (Å²) in [4.78, 5) is 0. The van der Waals surface area contributed by atoms with Gasteiger partial charge in [-0.15, -0.1) is 0 Å². The van der Waals surface area contributed by atoms with Gasteiger partial charge < -0.3 is 13.7 Å². The zero-order valence-electron chi connectivity index (χ0n) is 24.2. The molecule has 1 aliphatic rings. The van der Waals surface area contributed by atoms with Crippen molar-refractivity contribution in [2.75, 3.05) is 0 Å². The van der Waals surface area contributed by atoms with Gasteiger partial charge in [0.25, 0.3) is 0 Å². The van der Waals surface area contributed by atoms with Crippen LogP contribution in [-0.4, -0.2) is 18.3 Å². The molecule has 0 bridgehead atoms. The van der Waals surface area contributed by atoms with E-state index < -0.39 is 18.3 Å². The van der Waals surface area contributed by atoms with Crippen LogP contribution in [0.25, 0.3) is 55.3 Å². The Morgan fingerprint density at radius 1 is 0.537 bits per heavy atom. The molecule has 2 heterocycles. The molecular formula is C37H33BO3. The third kappa shape index (κ3) is 4.30. The summed E-state index contributed by atoms with van der Waals surface area (Å²) < 4.78 is 19.2. The van der Waals surface area contributed by atoms with Crippen molar-refractivity contribution in [3.63, 3.8) is 0 Å². The van der Waals surface area contributed by atoms with Gasteiger partial charge in [0, 0.05) is 10.8 Å². The highest BCUT2D eigenvalue weighted by Crippen LogP contribution is 2.40. The fourth-order valence-electron chi connectivity index (χ4n) is 5.93. The minimum atomic E-state index is -0.459. The average Bonchev–Trinajstić information content (AvgIpc) is 3.45. The van der Waals surface area contributed by atoms with Crippen molar-refractivity contribution in [3.05, 3.63) is 115 Å². The maximum atomic E-state index is 6.44. The molecule has 0 radical (unpaired) electrons. The summed E-state index contributed by atoms with van der Waals surface area (Å²) in [6.45, 7) is 10.5. The lowest BCUT2D eigenvalue weighted by molar-refractivity contribution is 0.00578. The first-order valence-electron chi connectivity index (χ1n) is 14.3. The Bertz CT molecular complexity index is 1900. The van der Waals surface area contributed by atoms with Crippen LogP contribution >= 0.6 is 0 Å². The molecule has 5 aromatic carbocycles. The van der Waals surface area contributed by atoms with Gasteiger partial charge in [0.15, 0.2) is 0 Å². The van der Waals surface area contributed by atoms with E-state index in [1.165, 1.54) is 33.4 Å². The van der Waals surface area contributed by atoms with E-state index in [0.717, 1.165) is 33.0 Å². The van der Waals surface area contributed by atoms with E-state index in [1.54, 1.807) is 0 Å². The molecule has 0 amide bonds. The second-order valence-corrected chi connectivity index (χ2v) is 12.1. The van der Waals surface area contributed by atoms with Gasteiger partial charge in [0.2, 0.25) is 0 Å². The minimum absolute atomic E-state index is 0.414. The lowest BCUT2D eigenvalue weighted by Gasteiger charge is -2.32. The Balaban J connectivity index is 1.31. The molecule has 4 heteroatoms. The molecular weight excluding hydrogens is 503 g/mol. The molecule has 0 spiro atoms. The van der Waals surface area contributed by atoms with E-state index in [2.05, 4.69) is 132 Å². The standard InChI is InChI=1S/C37H33BO3/c1-24-22-26(18-20-28(24)30-15-10-9-14-29(30)25-12-7-6-8-13-25)27-19-21-33-31(23-27)35-32(16-11-17-34(35)39-33)38-40-36(2,3)37(4,5)41-38/h6-23H,1-5H3. The number of hydrogen-bond acceptors (Lipinski definition) is 3. The quantitative estimate of drug-likeness (QED) is 0.211. The van der Waals surface area contributed by atoms with Crippen LogP contribution in [0.5, 0.6) is 0 Å². The van der Waals surface area contributed by atoms with Crippen molar-refractivity contribution in [1.82, 2.24) is 0 Å². The van der Waals surface area contributed by atoms with Gasteiger partial charge in [0.1, 0.15) is 11.2 Å². The van der Waals surface area contributed by atoms with Gasteiger partial charge in [-0.05, 0) is 97.2 Å². The second kappa shape index (κ2) is 9.48. The van der Waals surface area contributed by atoms with Gasteiger partial charge >= 0.3 is 7.12 Å². The molecule has 0 atom stereocenters. The highest BCUT2D eigenvalue weighted by molar-refractivity contribution is 6.66. The molecule has 0 saturated carbocycles. The summed E-state index contributed by atoms with van der Waals surface area (Å²) in [6, 6.07) is 38.6. The van der Waals surface area contributed by atoms with Crippen molar-refractivity contribution in [2.24, 2.45) is 0 Å². The third-order valence-corrected chi connectivity index (χ3v) is 8.90. The molecule has 1 fully saturated rings. The Hall–Kier alpha value is -4.12. The van der Waals surface area contributed by atoms with Crippen molar-refractivity contribution in [3.8, 4) is 33.4 Å². The monoisotopic (exact) mass is 536 g/mol. The van der Waals surface area contributed by atoms with Crippen molar-refractivity contribution in [1.29, 1.82) is 0 Å². The fraction of sp³-hybridized carbons (Fsp3) is 0.189. The summed E-state index contributed by atoms with van der Waals surface area (Å²) in [5.74, 6) is 0. The van der Waals surface area contributed by atoms with Gasteiger partial charge in [0.05, 0.1) is 11.2 Å². The molecule has 7 rings (SSSR count). The zero-order valence-corrected chi connectivity index (χ0v) is 24.2. The van der Waals surface area contributed by atoms with Crippen LogP contribution in [0.15, 0.2) is 114 Å². The second-order valence-electron chi connectivity index (χ2n) is 12.1. The molecule has 0 N–H and O–H groups in total. The summed E-state index contributed by atoms with van der Waals surface area (Å²) in [7, 11) is -0.459. The van der Waals surface area contributed by atoms with Crippen LogP contribution in [0.2, 0.25) is 0 Å². The molecule has 6 aromatic rings. The number of rotatable bonds is 4. The van der Waals surface area contributed by atoms with Gasteiger partial charge in [-0.25, -0.2) is 0 Å². The Labute approximate surface area is 241 Å². The first-order valence-corrected chi connectivity index (χ1v) is 14.3. The average molecular weight is 536 g/mol. The zero-order chi connectivity index (χ0) is 28.4. The van der Waals surface area contributed by atoms with E-state index in [1.807, 2.05) is 12.1 Å². The summed E-state index contributed by atoms with van der Waals surface area (Å²) in [5, 5.41) is 2.12. The molecule has 1 saturated heterocycles. The van der Waals surface area contributed by atoms with E-state index >= 15 is 0 Å². The van der Waals surface area contributed by atoms with Crippen LogP contribution in [0.1, 0.15) is 33.3 Å². The van der Waals surface area contributed by atoms with E-state index in [-0.39, 0.29) is 0 Å². The Morgan fingerprint density at radius 3 is 1.93 bits per heavy atom. The predicted molar refractivity (Wildman–Crippen MR) is 170 cm³/mol. The number of aryl methyl sites for hydroxylation is 1.